The maximum absolute atomic E-state index is 2.35. The van der Waals surface area contributed by atoms with Crippen molar-refractivity contribution in [2.75, 3.05) is 0 Å². The zero-order valence-electron chi connectivity index (χ0n) is 10.3. The largest absolute Gasteiger partial charge is 0.0622 e. The van der Waals surface area contributed by atoms with Crippen molar-refractivity contribution in [1.82, 2.24) is 0 Å². The quantitative estimate of drug-likeness (QED) is 0.650. The molecule has 0 N–H and O–H groups in total. The zero-order valence-corrected chi connectivity index (χ0v) is 10.3. The van der Waals surface area contributed by atoms with Crippen LogP contribution in [-0.2, 0) is 6.42 Å². The van der Waals surface area contributed by atoms with E-state index in [1.165, 1.54) is 30.4 Å². The fraction of sp³-hybridized carbons (Fsp3) is 0.294. The fourth-order valence-corrected chi connectivity index (χ4v) is 2.97. The first-order chi connectivity index (χ1) is 8.36. The third-order valence-electron chi connectivity index (χ3n) is 3.89. The molecule has 0 radical (unpaired) electrons. The summed E-state index contributed by atoms with van der Waals surface area (Å²) in [5.74, 6) is 0.724. The summed E-state index contributed by atoms with van der Waals surface area (Å²) in [6, 6.07) is 17.6. The first kappa shape index (κ1) is 10.6. The summed E-state index contributed by atoms with van der Waals surface area (Å²) >= 11 is 0. The molecule has 0 heterocycles. The highest BCUT2D eigenvalue weighted by Gasteiger charge is 2.18. The van der Waals surface area contributed by atoms with Gasteiger partial charge in [-0.3, -0.25) is 0 Å². The predicted octanol–water partition coefficient (Wildman–Crippen LogP) is 4.79. The van der Waals surface area contributed by atoms with Crippen molar-refractivity contribution in [3.8, 4) is 11.1 Å². The minimum absolute atomic E-state index is 0.724. The van der Waals surface area contributed by atoms with Crippen molar-refractivity contribution >= 4 is 0 Å². The Bertz CT molecular complexity index is 511. The molecule has 2 aromatic carbocycles. The Labute approximate surface area is 103 Å². The van der Waals surface area contributed by atoms with Gasteiger partial charge in [-0.15, -0.1) is 0 Å². The van der Waals surface area contributed by atoms with Gasteiger partial charge in [-0.2, -0.15) is 0 Å². The third kappa shape index (κ3) is 1.88. The molecule has 0 amide bonds. The average molecular weight is 222 g/mol. The van der Waals surface area contributed by atoms with Crippen LogP contribution in [0.1, 0.15) is 36.8 Å². The van der Waals surface area contributed by atoms with Crippen LogP contribution in [0.5, 0.6) is 0 Å². The Hall–Kier alpha value is -1.56. The topological polar surface area (TPSA) is 0 Å². The van der Waals surface area contributed by atoms with Gasteiger partial charge in [0.25, 0.3) is 0 Å². The molecule has 3 rings (SSSR count). The van der Waals surface area contributed by atoms with Gasteiger partial charge < -0.3 is 0 Å². The van der Waals surface area contributed by atoms with E-state index < -0.39 is 0 Å². The Kier molecular flexibility index (Phi) is 2.72. The fourth-order valence-electron chi connectivity index (χ4n) is 2.97. The Balaban J connectivity index is 2.16. The summed E-state index contributed by atoms with van der Waals surface area (Å²) in [4.78, 5) is 0. The van der Waals surface area contributed by atoms with E-state index >= 15 is 0 Å². The normalized spacial score (nSPS) is 18.8. The highest BCUT2D eigenvalue weighted by molar-refractivity contribution is 5.69. The molecule has 0 saturated carbocycles. The first-order valence-corrected chi connectivity index (χ1v) is 6.53. The molecule has 1 atom stereocenters. The van der Waals surface area contributed by atoms with Crippen molar-refractivity contribution in [1.29, 1.82) is 0 Å². The summed E-state index contributed by atoms with van der Waals surface area (Å²) < 4.78 is 0. The molecule has 86 valence electrons. The van der Waals surface area contributed by atoms with E-state index in [-0.39, 0.29) is 0 Å². The summed E-state index contributed by atoms with van der Waals surface area (Å²) in [7, 11) is 0. The Morgan fingerprint density at radius 2 is 1.76 bits per heavy atom. The summed E-state index contributed by atoms with van der Waals surface area (Å²) in [6.45, 7) is 2.35. The van der Waals surface area contributed by atoms with Gasteiger partial charge in [0.05, 0.1) is 0 Å². The van der Waals surface area contributed by atoms with Gasteiger partial charge in [0, 0.05) is 0 Å². The van der Waals surface area contributed by atoms with Gasteiger partial charge in [-0.05, 0) is 47.4 Å². The Morgan fingerprint density at radius 1 is 0.941 bits per heavy atom. The van der Waals surface area contributed by atoms with Crippen molar-refractivity contribution < 1.29 is 0 Å². The molecule has 1 aliphatic carbocycles. The predicted molar refractivity (Wildman–Crippen MR) is 73.2 cm³/mol. The number of rotatable bonds is 1. The van der Waals surface area contributed by atoms with Gasteiger partial charge in [-0.25, -0.2) is 0 Å². The maximum Gasteiger partial charge on any atom is -0.0149 e. The molecule has 0 aromatic heterocycles. The van der Waals surface area contributed by atoms with Gasteiger partial charge in [0.15, 0.2) is 0 Å². The molecule has 0 bridgehead atoms. The van der Waals surface area contributed by atoms with Crippen LogP contribution in [0, 0.1) is 0 Å². The van der Waals surface area contributed by atoms with Crippen LogP contribution in [0.25, 0.3) is 11.1 Å². The monoisotopic (exact) mass is 222 g/mol. The lowest BCUT2D eigenvalue weighted by atomic mass is 9.80. The van der Waals surface area contributed by atoms with Crippen LogP contribution in [0.15, 0.2) is 48.5 Å². The molecule has 0 spiro atoms. The highest BCUT2D eigenvalue weighted by atomic mass is 14.2. The van der Waals surface area contributed by atoms with Gasteiger partial charge in [-0.1, -0.05) is 55.5 Å². The second-order valence-electron chi connectivity index (χ2n) is 5.03. The number of hydrogen-bond donors (Lipinski definition) is 0. The first-order valence-electron chi connectivity index (χ1n) is 6.53. The van der Waals surface area contributed by atoms with Crippen LogP contribution >= 0.6 is 0 Å². The molecular weight excluding hydrogens is 204 g/mol. The van der Waals surface area contributed by atoms with Crippen molar-refractivity contribution in [3.63, 3.8) is 0 Å². The van der Waals surface area contributed by atoms with E-state index in [1.54, 1.807) is 11.1 Å². The second kappa shape index (κ2) is 4.37. The molecule has 17 heavy (non-hydrogen) atoms. The SMILES string of the molecule is CC1CCCc2c(-c3ccccc3)cccc21. The Morgan fingerprint density at radius 3 is 2.59 bits per heavy atom. The van der Waals surface area contributed by atoms with Crippen LogP contribution in [0.4, 0.5) is 0 Å². The molecule has 0 fully saturated rings. The molecule has 0 saturated heterocycles. The lowest BCUT2D eigenvalue weighted by Crippen LogP contribution is -2.08. The minimum Gasteiger partial charge on any atom is -0.0622 e. The molecule has 0 heteroatoms. The summed E-state index contributed by atoms with van der Waals surface area (Å²) in [6.07, 6.45) is 3.91. The van der Waals surface area contributed by atoms with Gasteiger partial charge in [0.1, 0.15) is 0 Å². The maximum atomic E-state index is 2.35. The highest BCUT2D eigenvalue weighted by Crippen LogP contribution is 2.36. The molecule has 1 unspecified atom stereocenters. The van der Waals surface area contributed by atoms with E-state index in [0.717, 1.165) is 5.92 Å². The van der Waals surface area contributed by atoms with Crippen LogP contribution in [0.3, 0.4) is 0 Å². The number of fused-ring (bicyclic) bond motifs is 1. The van der Waals surface area contributed by atoms with Gasteiger partial charge in [0.2, 0.25) is 0 Å². The van der Waals surface area contributed by atoms with Crippen molar-refractivity contribution in [3.05, 3.63) is 59.7 Å². The minimum atomic E-state index is 0.724. The third-order valence-corrected chi connectivity index (χ3v) is 3.89. The number of benzene rings is 2. The lowest BCUT2D eigenvalue weighted by Gasteiger charge is -2.24. The number of hydrogen-bond acceptors (Lipinski definition) is 0. The molecule has 0 aliphatic heterocycles. The second-order valence-corrected chi connectivity index (χ2v) is 5.03. The average Bonchev–Trinajstić information content (AvgIpc) is 2.40. The van der Waals surface area contributed by atoms with E-state index in [1.807, 2.05) is 0 Å². The summed E-state index contributed by atoms with van der Waals surface area (Å²) in [5, 5.41) is 0. The van der Waals surface area contributed by atoms with Crippen molar-refractivity contribution in [2.24, 2.45) is 0 Å². The van der Waals surface area contributed by atoms with E-state index in [4.69, 9.17) is 0 Å². The zero-order chi connectivity index (χ0) is 11.7. The van der Waals surface area contributed by atoms with E-state index in [9.17, 15) is 0 Å². The molecular formula is C17H18. The van der Waals surface area contributed by atoms with Crippen LogP contribution < -0.4 is 0 Å². The molecule has 0 nitrogen and oxygen atoms in total. The van der Waals surface area contributed by atoms with Gasteiger partial charge >= 0.3 is 0 Å². The lowest BCUT2D eigenvalue weighted by molar-refractivity contribution is 0.591. The van der Waals surface area contributed by atoms with Crippen molar-refractivity contribution in [2.45, 2.75) is 32.1 Å². The molecule has 1 aliphatic rings. The smallest absolute Gasteiger partial charge is 0.0149 e. The van der Waals surface area contributed by atoms with Crippen LogP contribution in [-0.4, -0.2) is 0 Å². The van der Waals surface area contributed by atoms with E-state index in [0.29, 0.717) is 0 Å². The van der Waals surface area contributed by atoms with E-state index in [2.05, 4.69) is 55.5 Å². The standard InChI is InChI=1S/C17H18/c1-13-7-5-12-17-15(13)10-6-11-16(17)14-8-3-2-4-9-14/h2-4,6,8-11,13H,5,7,12H2,1H3. The summed E-state index contributed by atoms with van der Waals surface area (Å²) in [5.41, 5.74) is 5.95. The molecule has 2 aromatic rings. The van der Waals surface area contributed by atoms with Crippen LogP contribution in [0.2, 0.25) is 0 Å².